The Bertz CT molecular complexity index is 669. The molecule has 1 aliphatic rings. The molecule has 0 radical (unpaired) electrons. The highest BCUT2D eigenvalue weighted by atomic mass is 16.6. The lowest BCUT2D eigenvalue weighted by molar-refractivity contribution is -0.385. The van der Waals surface area contributed by atoms with Crippen LogP contribution in [0.5, 0.6) is 0 Å². The number of hydrogen-bond donors (Lipinski definition) is 1. The number of hydrogen-bond acceptors (Lipinski definition) is 7. The van der Waals surface area contributed by atoms with Gasteiger partial charge in [0.05, 0.1) is 11.0 Å². The second-order valence-corrected chi connectivity index (χ2v) is 5.04. The van der Waals surface area contributed by atoms with Crippen molar-refractivity contribution < 1.29 is 9.66 Å². The molecule has 0 bridgehead atoms. The number of nitrogens with zero attached hydrogens (tertiary/aromatic N) is 5. The maximum atomic E-state index is 10.6. The molecule has 2 aromatic heterocycles. The van der Waals surface area contributed by atoms with Crippen LogP contribution in [0.4, 0.5) is 11.5 Å². The number of aryl methyl sites for hydroxylation is 1. The molecule has 0 spiro atoms. The maximum absolute atomic E-state index is 10.6. The number of pyridine rings is 1. The molecule has 1 N–H and O–H groups in total. The van der Waals surface area contributed by atoms with E-state index in [0.29, 0.717) is 18.2 Å². The SMILES string of the molecule is COCc1nc2n(n1)CCC[C@H]2Nc1ccc([N+](=O)[O-])cn1. The first kappa shape index (κ1) is 14.4. The van der Waals surface area contributed by atoms with Crippen LogP contribution in [0.1, 0.15) is 30.5 Å². The molecule has 9 nitrogen and oxygen atoms in total. The van der Waals surface area contributed by atoms with Crippen LogP contribution < -0.4 is 5.32 Å². The zero-order valence-corrected chi connectivity index (χ0v) is 12.1. The van der Waals surface area contributed by atoms with Crippen molar-refractivity contribution >= 4 is 11.5 Å². The van der Waals surface area contributed by atoms with E-state index in [1.165, 1.54) is 12.3 Å². The first-order valence-electron chi connectivity index (χ1n) is 6.97. The summed E-state index contributed by atoms with van der Waals surface area (Å²) < 4.78 is 6.94. The summed E-state index contributed by atoms with van der Waals surface area (Å²) in [5.74, 6) is 2.08. The number of rotatable bonds is 5. The van der Waals surface area contributed by atoms with Crippen LogP contribution in [0, 0.1) is 10.1 Å². The molecule has 0 aromatic carbocycles. The summed E-state index contributed by atoms with van der Waals surface area (Å²) in [5, 5.41) is 18.3. The molecule has 1 atom stereocenters. The van der Waals surface area contributed by atoms with Gasteiger partial charge in [-0.25, -0.2) is 14.6 Å². The Hall–Kier alpha value is -2.55. The molecule has 0 unspecified atom stereocenters. The van der Waals surface area contributed by atoms with Gasteiger partial charge >= 0.3 is 0 Å². The summed E-state index contributed by atoms with van der Waals surface area (Å²) in [5.41, 5.74) is -0.0280. The molecule has 1 aliphatic heterocycles. The van der Waals surface area contributed by atoms with Crippen molar-refractivity contribution in [2.75, 3.05) is 12.4 Å². The molecule has 9 heteroatoms. The number of aromatic nitrogens is 4. The quantitative estimate of drug-likeness (QED) is 0.661. The molecule has 2 aromatic rings. The minimum atomic E-state index is -0.467. The first-order valence-corrected chi connectivity index (χ1v) is 6.97. The average molecular weight is 304 g/mol. The van der Waals surface area contributed by atoms with Gasteiger partial charge in [0.15, 0.2) is 5.82 Å². The Morgan fingerprint density at radius 1 is 1.55 bits per heavy atom. The predicted molar refractivity (Wildman–Crippen MR) is 77.2 cm³/mol. The molecule has 0 aliphatic carbocycles. The average Bonchev–Trinajstić information content (AvgIpc) is 2.92. The maximum Gasteiger partial charge on any atom is 0.287 e. The van der Waals surface area contributed by atoms with Gasteiger partial charge in [0.1, 0.15) is 24.4 Å². The highest BCUT2D eigenvalue weighted by Gasteiger charge is 2.24. The Balaban J connectivity index is 1.77. The highest BCUT2D eigenvalue weighted by Crippen LogP contribution is 2.27. The van der Waals surface area contributed by atoms with E-state index in [4.69, 9.17) is 4.74 Å². The number of anilines is 1. The van der Waals surface area contributed by atoms with Gasteiger partial charge in [-0.2, -0.15) is 5.10 Å². The zero-order valence-electron chi connectivity index (χ0n) is 12.1. The van der Waals surface area contributed by atoms with E-state index in [-0.39, 0.29) is 11.7 Å². The minimum absolute atomic E-state index is 0.0131. The largest absolute Gasteiger partial charge is 0.377 e. The second kappa shape index (κ2) is 6.06. The third-order valence-electron chi connectivity index (χ3n) is 3.47. The van der Waals surface area contributed by atoms with Crippen LogP contribution >= 0.6 is 0 Å². The van der Waals surface area contributed by atoms with E-state index in [0.717, 1.165) is 25.2 Å². The van der Waals surface area contributed by atoms with E-state index in [1.54, 1.807) is 13.2 Å². The number of methoxy groups -OCH3 is 1. The predicted octanol–water partition coefficient (Wildman–Crippen LogP) is 1.67. The molecule has 0 fully saturated rings. The van der Waals surface area contributed by atoms with Crippen LogP contribution in [0.2, 0.25) is 0 Å². The number of nitro groups is 1. The van der Waals surface area contributed by atoms with E-state index >= 15 is 0 Å². The normalized spacial score (nSPS) is 17.0. The van der Waals surface area contributed by atoms with Crippen molar-refractivity contribution in [2.45, 2.75) is 32.0 Å². The fourth-order valence-corrected chi connectivity index (χ4v) is 2.48. The van der Waals surface area contributed by atoms with Crippen molar-refractivity contribution in [3.8, 4) is 0 Å². The fraction of sp³-hybridized carbons (Fsp3) is 0.462. The zero-order chi connectivity index (χ0) is 15.5. The van der Waals surface area contributed by atoms with Crippen LogP contribution in [-0.2, 0) is 17.9 Å². The van der Waals surface area contributed by atoms with Crippen molar-refractivity contribution in [1.29, 1.82) is 0 Å². The van der Waals surface area contributed by atoms with E-state index < -0.39 is 4.92 Å². The number of nitrogens with one attached hydrogen (secondary N) is 1. The Morgan fingerprint density at radius 2 is 2.41 bits per heavy atom. The van der Waals surface area contributed by atoms with Crippen molar-refractivity contribution in [2.24, 2.45) is 0 Å². The van der Waals surface area contributed by atoms with E-state index in [1.807, 2.05) is 4.68 Å². The van der Waals surface area contributed by atoms with Gasteiger partial charge in [0, 0.05) is 19.7 Å². The molecule has 0 saturated heterocycles. The standard InChI is InChI=1S/C13H16N6O3/c1-22-8-12-16-13-10(3-2-6-18(13)17-12)15-11-5-4-9(7-14-11)19(20)21/h4-5,7,10H,2-3,6,8H2,1H3,(H,14,15)/t10-/m1/s1. The molecule has 3 heterocycles. The van der Waals surface area contributed by atoms with E-state index in [9.17, 15) is 10.1 Å². The van der Waals surface area contributed by atoms with E-state index in [2.05, 4.69) is 20.4 Å². The summed E-state index contributed by atoms with van der Waals surface area (Å²) in [4.78, 5) is 18.7. The Morgan fingerprint density at radius 3 is 3.09 bits per heavy atom. The Kier molecular flexibility index (Phi) is 3.96. The molecule has 0 amide bonds. The number of fused-ring (bicyclic) bond motifs is 1. The van der Waals surface area contributed by atoms with Gasteiger partial charge < -0.3 is 10.1 Å². The summed E-state index contributed by atoms with van der Waals surface area (Å²) in [7, 11) is 1.61. The summed E-state index contributed by atoms with van der Waals surface area (Å²) >= 11 is 0. The lowest BCUT2D eigenvalue weighted by Crippen LogP contribution is -2.23. The molecular weight excluding hydrogens is 288 g/mol. The molecule has 0 saturated carbocycles. The lowest BCUT2D eigenvalue weighted by atomic mass is 10.1. The van der Waals surface area contributed by atoms with Crippen molar-refractivity contribution in [3.05, 3.63) is 40.1 Å². The first-order chi connectivity index (χ1) is 10.7. The van der Waals surface area contributed by atoms with Crippen molar-refractivity contribution in [3.63, 3.8) is 0 Å². The summed E-state index contributed by atoms with van der Waals surface area (Å²) in [6.45, 7) is 1.21. The topological polar surface area (TPSA) is 108 Å². The fourth-order valence-electron chi connectivity index (χ4n) is 2.48. The molecule has 22 heavy (non-hydrogen) atoms. The van der Waals surface area contributed by atoms with Gasteiger partial charge in [-0.15, -0.1) is 0 Å². The molecule has 3 rings (SSSR count). The van der Waals surface area contributed by atoms with Crippen molar-refractivity contribution in [1.82, 2.24) is 19.7 Å². The lowest BCUT2D eigenvalue weighted by Gasteiger charge is -2.23. The molecule has 116 valence electrons. The third kappa shape index (κ3) is 2.89. The van der Waals surface area contributed by atoms with Crippen LogP contribution in [-0.4, -0.2) is 31.8 Å². The third-order valence-corrected chi connectivity index (χ3v) is 3.47. The summed E-state index contributed by atoms with van der Waals surface area (Å²) in [6.07, 6.45) is 3.13. The van der Waals surface area contributed by atoms with Gasteiger partial charge in [-0.1, -0.05) is 0 Å². The highest BCUT2D eigenvalue weighted by molar-refractivity contribution is 5.41. The monoisotopic (exact) mass is 304 g/mol. The van der Waals surface area contributed by atoms with Gasteiger partial charge in [-0.05, 0) is 18.9 Å². The smallest absolute Gasteiger partial charge is 0.287 e. The van der Waals surface area contributed by atoms with Gasteiger partial charge in [-0.3, -0.25) is 10.1 Å². The van der Waals surface area contributed by atoms with Crippen LogP contribution in [0.15, 0.2) is 18.3 Å². The number of ether oxygens (including phenoxy) is 1. The molecular formula is C13H16N6O3. The summed E-state index contributed by atoms with van der Waals surface area (Å²) in [6, 6.07) is 3.02. The second-order valence-electron chi connectivity index (χ2n) is 5.04. The Labute approximate surface area is 126 Å². The van der Waals surface area contributed by atoms with Gasteiger partial charge in [0.25, 0.3) is 5.69 Å². The van der Waals surface area contributed by atoms with Crippen LogP contribution in [0.3, 0.4) is 0 Å². The van der Waals surface area contributed by atoms with Gasteiger partial charge in [0.2, 0.25) is 0 Å². The van der Waals surface area contributed by atoms with Crippen LogP contribution in [0.25, 0.3) is 0 Å². The minimum Gasteiger partial charge on any atom is -0.377 e.